The number of carbonyl (C=O) groups excluding carboxylic acids is 1. The molecule has 0 spiro atoms. The third-order valence-corrected chi connectivity index (χ3v) is 1.68. The molecular formula is C6H9N3OS. The van der Waals surface area contributed by atoms with E-state index in [-0.39, 0.29) is 5.78 Å². The maximum absolute atomic E-state index is 11.0. The molecule has 0 atom stereocenters. The van der Waals surface area contributed by atoms with Crippen LogP contribution in [0, 0.1) is 0 Å². The minimum Gasteiger partial charge on any atom is -0.313 e. The van der Waals surface area contributed by atoms with Crippen molar-refractivity contribution >= 4 is 17.5 Å². The van der Waals surface area contributed by atoms with E-state index in [1.165, 1.54) is 0 Å². The summed E-state index contributed by atoms with van der Waals surface area (Å²) in [6.45, 7) is 0.400. The van der Waals surface area contributed by atoms with Crippen LogP contribution in [0.3, 0.4) is 0 Å². The minimum absolute atomic E-state index is 0.139. The van der Waals surface area contributed by atoms with Crippen LogP contribution in [0.25, 0.3) is 0 Å². The summed E-state index contributed by atoms with van der Waals surface area (Å²) in [5.41, 5.74) is 0.759. The number of carbonyl (C=O) groups is 1. The lowest BCUT2D eigenvalue weighted by molar-refractivity contribution is -0.117. The molecule has 0 saturated carbocycles. The smallest absolute Gasteiger partial charge is 0.152 e. The summed E-state index contributed by atoms with van der Waals surface area (Å²) < 4.78 is 7.71. The van der Waals surface area contributed by atoms with Gasteiger partial charge in [0.25, 0.3) is 0 Å². The molecule has 1 aromatic heterocycles. The summed E-state index contributed by atoms with van der Waals surface area (Å²) in [6.07, 6.45) is 2.01. The average Bonchev–Trinajstić information content (AvgIpc) is 2.40. The van der Waals surface area contributed by atoms with Crippen LogP contribution < -0.4 is 5.32 Å². The lowest BCUT2D eigenvalue weighted by Gasteiger charge is -1.94. The number of aromatic nitrogens is 2. The van der Waals surface area contributed by atoms with Crippen molar-refractivity contribution < 1.29 is 4.79 Å². The molecular weight excluding hydrogens is 162 g/mol. The highest BCUT2D eigenvalue weighted by Crippen LogP contribution is 1.96. The maximum atomic E-state index is 11.0. The Morgan fingerprint density at radius 2 is 2.64 bits per heavy atom. The fourth-order valence-corrected chi connectivity index (χ4v) is 1.16. The molecule has 0 amide bonds. The molecule has 0 aliphatic heterocycles. The Morgan fingerprint density at radius 3 is 3.18 bits per heavy atom. The van der Waals surface area contributed by atoms with E-state index in [0.717, 1.165) is 17.4 Å². The third kappa shape index (κ3) is 2.73. The molecule has 0 bridgehead atoms. The predicted molar refractivity (Wildman–Crippen MR) is 42.5 cm³/mol. The molecule has 5 heteroatoms. The molecule has 11 heavy (non-hydrogen) atoms. The Hall–Kier alpha value is -0.810. The Morgan fingerprint density at radius 1 is 1.82 bits per heavy atom. The largest absolute Gasteiger partial charge is 0.313 e. The Labute approximate surface area is 69.0 Å². The van der Waals surface area contributed by atoms with Gasteiger partial charge in [0, 0.05) is 0 Å². The van der Waals surface area contributed by atoms with Crippen LogP contribution in [-0.4, -0.2) is 28.1 Å². The molecule has 0 aromatic carbocycles. The first kappa shape index (κ1) is 8.29. The minimum atomic E-state index is 0.139. The zero-order chi connectivity index (χ0) is 8.10. The number of nitrogens with one attached hydrogen (secondary N) is 1. The van der Waals surface area contributed by atoms with Gasteiger partial charge in [-0.1, -0.05) is 0 Å². The van der Waals surface area contributed by atoms with Crippen LogP contribution >= 0.6 is 11.7 Å². The van der Waals surface area contributed by atoms with Gasteiger partial charge in [0.15, 0.2) is 5.78 Å². The lowest BCUT2D eigenvalue weighted by atomic mass is 10.2. The van der Waals surface area contributed by atoms with E-state index in [1.807, 2.05) is 0 Å². The van der Waals surface area contributed by atoms with Gasteiger partial charge >= 0.3 is 0 Å². The summed E-state index contributed by atoms with van der Waals surface area (Å²) in [5, 5.41) is 2.79. The van der Waals surface area contributed by atoms with Crippen LogP contribution in [0.2, 0.25) is 0 Å². The van der Waals surface area contributed by atoms with Crippen molar-refractivity contribution in [1.82, 2.24) is 14.1 Å². The normalized spacial score (nSPS) is 9.91. The molecule has 0 aliphatic carbocycles. The molecule has 0 radical (unpaired) electrons. The van der Waals surface area contributed by atoms with Gasteiger partial charge in [0.05, 0.1) is 36.6 Å². The van der Waals surface area contributed by atoms with Gasteiger partial charge in [-0.05, 0) is 7.05 Å². The zero-order valence-corrected chi connectivity index (χ0v) is 7.02. The molecule has 4 nitrogen and oxygen atoms in total. The predicted octanol–water partition coefficient (Wildman–Crippen LogP) is -0.131. The molecule has 0 unspecified atom stereocenters. The molecule has 1 N–H and O–H groups in total. The van der Waals surface area contributed by atoms with Crippen molar-refractivity contribution in [2.24, 2.45) is 0 Å². The van der Waals surface area contributed by atoms with E-state index in [1.54, 1.807) is 13.2 Å². The maximum Gasteiger partial charge on any atom is 0.152 e. The molecule has 1 rings (SSSR count). The monoisotopic (exact) mass is 171 g/mol. The van der Waals surface area contributed by atoms with E-state index in [4.69, 9.17) is 0 Å². The molecule has 0 fully saturated rings. The topological polar surface area (TPSA) is 54.9 Å². The number of ketones is 1. The molecule has 0 aliphatic rings. The Kier molecular flexibility index (Phi) is 3.13. The van der Waals surface area contributed by atoms with Crippen molar-refractivity contribution in [2.75, 3.05) is 13.6 Å². The van der Waals surface area contributed by atoms with Crippen molar-refractivity contribution in [2.45, 2.75) is 6.42 Å². The summed E-state index contributed by atoms with van der Waals surface area (Å²) >= 11 is 1.13. The lowest BCUT2D eigenvalue weighted by Crippen LogP contribution is -2.20. The van der Waals surface area contributed by atoms with Gasteiger partial charge in [-0.2, -0.15) is 8.75 Å². The fraction of sp³-hybridized carbons (Fsp3) is 0.500. The van der Waals surface area contributed by atoms with Crippen LogP contribution in [0.1, 0.15) is 5.69 Å². The van der Waals surface area contributed by atoms with Gasteiger partial charge in [0.1, 0.15) is 0 Å². The van der Waals surface area contributed by atoms with E-state index >= 15 is 0 Å². The quantitative estimate of drug-likeness (QED) is 0.685. The SMILES string of the molecule is CNCC(=O)Cc1cnsn1. The van der Waals surface area contributed by atoms with Crippen LogP contribution in [0.4, 0.5) is 0 Å². The summed E-state index contributed by atoms with van der Waals surface area (Å²) in [5.74, 6) is 0.139. The van der Waals surface area contributed by atoms with Gasteiger partial charge in [-0.3, -0.25) is 4.79 Å². The second kappa shape index (κ2) is 4.15. The van der Waals surface area contributed by atoms with E-state index in [2.05, 4.69) is 14.1 Å². The number of Topliss-reactive ketones (excluding diaryl/α,β-unsaturated/α-hetero) is 1. The standard InChI is InChI=1S/C6H9N3OS/c1-7-4-6(10)2-5-3-8-11-9-5/h3,7H,2,4H2,1H3. The van der Waals surface area contributed by atoms with E-state index in [0.29, 0.717) is 13.0 Å². The highest BCUT2D eigenvalue weighted by molar-refractivity contribution is 6.99. The first-order valence-corrected chi connectivity index (χ1v) is 3.98. The highest BCUT2D eigenvalue weighted by atomic mass is 32.1. The van der Waals surface area contributed by atoms with Crippen molar-refractivity contribution in [3.8, 4) is 0 Å². The van der Waals surface area contributed by atoms with Crippen molar-refractivity contribution in [1.29, 1.82) is 0 Å². The first-order chi connectivity index (χ1) is 5.33. The number of hydrogen-bond acceptors (Lipinski definition) is 5. The Balaban J connectivity index is 2.37. The second-order valence-electron chi connectivity index (χ2n) is 2.14. The van der Waals surface area contributed by atoms with Gasteiger partial charge in [-0.15, -0.1) is 0 Å². The van der Waals surface area contributed by atoms with Crippen molar-refractivity contribution in [3.05, 3.63) is 11.9 Å². The summed E-state index contributed by atoms with van der Waals surface area (Å²) in [6, 6.07) is 0. The second-order valence-corrected chi connectivity index (χ2v) is 2.70. The number of nitrogens with zero attached hydrogens (tertiary/aromatic N) is 2. The molecule has 1 aromatic rings. The molecule has 1 heterocycles. The average molecular weight is 171 g/mol. The molecule has 60 valence electrons. The summed E-state index contributed by atoms with van der Waals surface area (Å²) in [7, 11) is 1.75. The zero-order valence-electron chi connectivity index (χ0n) is 6.20. The molecule has 0 saturated heterocycles. The highest BCUT2D eigenvalue weighted by Gasteiger charge is 2.03. The first-order valence-electron chi connectivity index (χ1n) is 3.25. The van der Waals surface area contributed by atoms with Crippen LogP contribution in [-0.2, 0) is 11.2 Å². The van der Waals surface area contributed by atoms with Gasteiger partial charge in [-0.25, -0.2) is 0 Å². The number of rotatable bonds is 4. The number of likely N-dealkylation sites (N-methyl/N-ethyl adjacent to an activating group) is 1. The van der Waals surface area contributed by atoms with Gasteiger partial charge < -0.3 is 5.32 Å². The van der Waals surface area contributed by atoms with E-state index in [9.17, 15) is 4.79 Å². The van der Waals surface area contributed by atoms with Crippen molar-refractivity contribution in [3.63, 3.8) is 0 Å². The third-order valence-electron chi connectivity index (χ3n) is 1.16. The van der Waals surface area contributed by atoms with Gasteiger partial charge in [0.2, 0.25) is 0 Å². The Bertz CT molecular complexity index is 222. The van der Waals surface area contributed by atoms with Crippen LogP contribution in [0.15, 0.2) is 6.20 Å². The van der Waals surface area contributed by atoms with E-state index < -0.39 is 0 Å². The number of hydrogen-bond donors (Lipinski definition) is 1. The van der Waals surface area contributed by atoms with Crippen LogP contribution in [0.5, 0.6) is 0 Å². The summed E-state index contributed by atoms with van der Waals surface area (Å²) in [4.78, 5) is 11.0. The fourth-order valence-electron chi connectivity index (χ4n) is 0.724.